The summed E-state index contributed by atoms with van der Waals surface area (Å²) in [5, 5.41) is 9.02. The first kappa shape index (κ1) is 14.4. The second-order valence-corrected chi connectivity index (χ2v) is 6.67. The Balaban J connectivity index is 2.15. The van der Waals surface area contributed by atoms with Gasteiger partial charge in [0.1, 0.15) is 5.82 Å². The average molecular weight is 302 g/mol. The lowest BCUT2D eigenvalue weighted by Gasteiger charge is -2.21. The first-order valence-electron chi connectivity index (χ1n) is 7.70. The molecule has 1 aliphatic carbocycles. The lowest BCUT2D eigenvalue weighted by molar-refractivity contribution is 0.425. The molecule has 0 N–H and O–H groups in total. The summed E-state index contributed by atoms with van der Waals surface area (Å²) in [5.41, 5.74) is 2.66. The molecule has 1 aromatic heterocycles. The van der Waals surface area contributed by atoms with E-state index in [9.17, 15) is 0 Å². The number of nitrogens with zero attached hydrogens (tertiary/aromatic N) is 3. The molecule has 0 spiro atoms. The van der Waals surface area contributed by atoms with E-state index in [1.54, 1.807) is 0 Å². The lowest BCUT2D eigenvalue weighted by Crippen LogP contribution is -2.13. The maximum atomic E-state index is 9.15. The maximum absolute atomic E-state index is 9.15. The van der Waals surface area contributed by atoms with Crippen LogP contribution in [-0.4, -0.2) is 9.55 Å². The van der Waals surface area contributed by atoms with Crippen LogP contribution in [-0.2, 0) is 0 Å². The Morgan fingerprint density at radius 1 is 1.48 bits per heavy atom. The molecule has 2 atom stereocenters. The summed E-state index contributed by atoms with van der Waals surface area (Å²) >= 11 is 6.36. The summed E-state index contributed by atoms with van der Waals surface area (Å²) in [7, 11) is 0. The van der Waals surface area contributed by atoms with Gasteiger partial charge in [0.15, 0.2) is 0 Å². The topological polar surface area (TPSA) is 41.6 Å². The van der Waals surface area contributed by atoms with Crippen molar-refractivity contribution in [3.63, 3.8) is 0 Å². The highest BCUT2D eigenvalue weighted by Crippen LogP contribution is 2.40. The Morgan fingerprint density at radius 2 is 2.24 bits per heavy atom. The fourth-order valence-corrected chi connectivity index (χ4v) is 3.19. The molecule has 1 saturated carbocycles. The van der Waals surface area contributed by atoms with Gasteiger partial charge >= 0.3 is 0 Å². The Labute approximate surface area is 130 Å². The molecule has 1 aromatic carbocycles. The third-order valence-corrected chi connectivity index (χ3v) is 4.54. The number of aromatic nitrogens is 2. The van der Waals surface area contributed by atoms with E-state index in [0.717, 1.165) is 29.2 Å². The summed E-state index contributed by atoms with van der Waals surface area (Å²) in [6.45, 7) is 4.18. The van der Waals surface area contributed by atoms with Crippen LogP contribution in [0.25, 0.3) is 11.0 Å². The van der Waals surface area contributed by atoms with E-state index < -0.39 is 0 Å². The summed E-state index contributed by atoms with van der Waals surface area (Å²) in [5.74, 6) is 1.78. The zero-order valence-corrected chi connectivity index (χ0v) is 13.3. The first-order valence-corrected chi connectivity index (χ1v) is 8.13. The molecular weight excluding hydrogens is 282 g/mol. The third-order valence-electron chi connectivity index (χ3n) is 4.34. The molecule has 1 fully saturated rings. The molecule has 21 heavy (non-hydrogen) atoms. The quantitative estimate of drug-likeness (QED) is 0.732. The van der Waals surface area contributed by atoms with Crippen molar-refractivity contribution in [1.29, 1.82) is 5.26 Å². The number of nitriles is 1. The molecule has 0 bridgehead atoms. The minimum absolute atomic E-state index is 0.129. The number of fused-ring (bicyclic) bond motifs is 1. The summed E-state index contributed by atoms with van der Waals surface area (Å²) in [6, 6.07) is 8.34. The van der Waals surface area contributed by atoms with Gasteiger partial charge in [0.2, 0.25) is 0 Å². The number of rotatable bonds is 5. The molecule has 0 radical (unpaired) electrons. The SMILES string of the molecule is CCC(CC1CC1)n1c(C(C)Cl)nc2ccc(C#N)cc21. The molecular formula is C17H20ClN3. The van der Waals surface area contributed by atoms with Crippen LogP contribution in [0.15, 0.2) is 18.2 Å². The normalized spacial score (nSPS) is 17.6. The van der Waals surface area contributed by atoms with Crippen molar-refractivity contribution in [3.05, 3.63) is 29.6 Å². The van der Waals surface area contributed by atoms with Gasteiger partial charge < -0.3 is 4.57 Å². The lowest BCUT2D eigenvalue weighted by atomic mass is 10.1. The highest BCUT2D eigenvalue weighted by Gasteiger charge is 2.28. The molecule has 1 aliphatic rings. The van der Waals surface area contributed by atoms with Crippen molar-refractivity contribution in [3.8, 4) is 6.07 Å². The highest BCUT2D eigenvalue weighted by molar-refractivity contribution is 6.20. The molecule has 0 aliphatic heterocycles. The fourth-order valence-electron chi connectivity index (χ4n) is 3.04. The van der Waals surface area contributed by atoms with Crippen LogP contribution in [0, 0.1) is 17.2 Å². The minimum Gasteiger partial charge on any atom is -0.324 e. The van der Waals surface area contributed by atoms with E-state index in [2.05, 4.69) is 17.6 Å². The largest absolute Gasteiger partial charge is 0.324 e. The predicted molar refractivity (Wildman–Crippen MR) is 85.4 cm³/mol. The van der Waals surface area contributed by atoms with Crippen molar-refractivity contribution in [1.82, 2.24) is 9.55 Å². The number of imidazole rings is 1. The van der Waals surface area contributed by atoms with Gasteiger partial charge in [-0.3, -0.25) is 0 Å². The second kappa shape index (κ2) is 5.69. The molecule has 4 heteroatoms. The highest BCUT2D eigenvalue weighted by atomic mass is 35.5. The first-order chi connectivity index (χ1) is 10.1. The number of halogens is 1. The van der Waals surface area contributed by atoms with Crippen molar-refractivity contribution in [2.24, 2.45) is 5.92 Å². The van der Waals surface area contributed by atoms with E-state index in [4.69, 9.17) is 21.8 Å². The monoisotopic (exact) mass is 301 g/mol. The van der Waals surface area contributed by atoms with Crippen LogP contribution in [0.1, 0.15) is 62.3 Å². The van der Waals surface area contributed by atoms with Gasteiger partial charge in [-0.25, -0.2) is 4.98 Å². The van der Waals surface area contributed by atoms with Gasteiger partial charge in [0, 0.05) is 6.04 Å². The Kier molecular flexibility index (Phi) is 3.91. The van der Waals surface area contributed by atoms with Gasteiger partial charge in [-0.1, -0.05) is 19.8 Å². The number of alkyl halides is 1. The zero-order valence-electron chi connectivity index (χ0n) is 12.5. The molecule has 2 unspecified atom stereocenters. The van der Waals surface area contributed by atoms with E-state index in [1.165, 1.54) is 19.3 Å². The van der Waals surface area contributed by atoms with Crippen LogP contribution in [0.3, 0.4) is 0 Å². The second-order valence-electron chi connectivity index (χ2n) is 6.01. The number of hydrogen-bond donors (Lipinski definition) is 0. The van der Waals surface area contributed by atoms with Gasteiger partial charge in [0.25, 0.3) is 0 Å². The van der Waals surface area contributed by atoms with E-state index in [0.29, 0.717) is 11.6 Å². The molecule has 2 aromatic rings. The molecule has 3 nitrogen and oxygen atoms in total. The van der Waals surface area contributed by atoms with Gasteiger partial charge in [-0.05, 0) is 43.9 Å². The fraction of sp³-hybridized carbons (Fsp3) is 0.529. The Bertz CT molecular complexity index is 692. The van der Waals surface area contributed by atoms with E-state index in [-0.39, 0.29) is 5.38 Å². The summed E-state index contributed by atoms with van der Waals surface area (Å²) < 4.78 is 2.28. The molecule has 0 saturated heterocycles. The van der Waals surface area contributed by atoms with Crippen molar-refractivity contribution in [2.75, 3.05) is 0 Å². The van der Waals surface area contributed by atoms with Crippen molar-refractivity contribution >= 4 is 22.6 Å². The van der Waals surface area contributed by atoms with Gasteiger partial charge in [-0.15, -0.1) is 11.6 Å². The smallest absolute Gasteiger partial charge is 0.127 e. The minimum atomic E-state index is -0.129. The molecule has 0 amide bonds. The zero-order chi connectivity index (χ0) is 15.0. The predicted octanol–water partition coefficient (Wildman–Crippen LogP) is 4.96. The molecule has 1 heterocycles. The van der Waals surface area contributed by atoms with Gasteiger partial charge in [0.05, 0.1) is 28.0 Å². The van der Waals surface area contributed by atoms with Crippen LogP contribution >= 0.6 is 11.6 Å². The number of benzene rings is 1. The third kappa shape index (κ3) is 2.78. The van der Waals surface area contributed by atoms with Crippen LogP contribution in [0.4, 0.5) is 0 Å². The van der Waals surface area contributed by atoms with E-state index in [1.807, 2.05) is 25.1 Å². The Morgan fingerprint density at radius 3 is 2.81 bits per heavy atom. The number of hydrogen-bond acceptors (Lipinski definition) is 2. The summed E-state index contributed by atoms with van der Waals surface area (Å²) in [4.78, 5) is 4.71. The maximum Gasteiger partial charge on any atom is 0.127 e. The Hall–Kier alpha value is -1.53. The summed E-state index contributed by atoms with van der Waals surface area (Å²) in [6.07, 6.45) is 4.95. The molecule has 3 rings (SSSR count). The van der Waals surface area contributed by atoms with Crippen LogP contribution in [0.5, 0.6) is 0 Å². The van der Waals surface area contributed by atoms with Crippen molar-refractivity contribution < 1.29 is 0 Å². The average Bonchev–Trinajstić information content (AvgIpc) is 3.22. The molecule has 110 valence electrons. The standard InChI is InChI=1S/C17H20ClN3/c1-3-14(8-12-4-5-12)21-16-9-13(10-19)6-7-15(16)20-17(21)11(2)18/h6-7,9,11-12,14H,3-5,8H2,1-2H3. The van der Waals surface area contributed by atoms with Crippen LogP contribution in [0.2, 0.25) is 0 Å². The van der Waals surface area contributed by atoms with Crippen LogP contribution < -0.4 is 0 Å². The van der Waals surface area contributed by atoms with Crippen molar-refractivity contribution in [2.45, 2.75) is 50.9 Å². The van der Waals surface area contributed by atoms with Gasteiger partial charge in [-0.2, -0.15) is 5.26 Å². The van der Waals surface area contributed by atoms with E-state index >= 15 is 0 Å².